The van der Waals surface area contributed by atoms with Crippen LogP contribution in [0.1, 0.15) is 36.0 Å². The van der Waals surface area contributed by atoms with E-state index in [0.717, 1.165) is 24.2 Å². The molecule has 0 atom stereocenters. The molecular formula is C21H22N4O4. The second kappa shape index (κ2) is 8.22. The fraction of sp³-hybridized carbons (Fsp3) is 0.286. The molecule has 8 heteroatoms. The average molecular weight is 394 g/mol. The van der Waals surface area contributed by atoms with Gasteiger partial charge in [0.05, 0.1) is 26.3 Å². The molecule has 0 unspecified atom stereocenters. The minimum absolute atomic E-state index is 0.384. The highest BCUT2D eigenvalue weighted by Gasteiger charge is 2.28. The Morgan fingerprint density at radius 3 is 2.66 bits per heavy atom. The molecule has 8 nitrogen and oxygen atoms in total. The van der Waals surface area contributed by atoms with Crippen LogP contribution >= 0.6 is 0 Å². The molecule has 2 aromatic carbocycles. The number of carbonyl (C=O) groups is 1. The van der Waals surface area contributed by atoms with Crippen molar-refractivity contribution in [3.05, 3.63) is 59.7 Å². The fourth-order valence-electron chi connectivity index (χ4n) is 2.98. The highest BCUT2D eigenvalue weighted by atomic mass is 16.5. The van der Waals surface area contributed by atoms with Gasteiger partial charge in [0.25, 0.3) is 0 Å². The lowest BCUT2D eigenvalue weighted by Gasteiger charge is -2.14. The Labute approximate surface area is 168 Å². The van der Waals surface area contributed by atoms with Crippen LogP contribution in [0.2, 0.25) is 0 Å². The molecule has 2 amide bonds. The first-order valence-corrected chi connectivity index (χ1v) is 9.36. The zero-order chi connectivity index (χ0) is 20.2. The third kappa shape index (κ3) is 4.48. The third-order valence-electron chi connectivity index (χ3n) is 4.69. The molecule has 29 heavy (non-hydrogen) atoms. The Bertz CT molecular complexity index is 1010. The van der Waals surface area contributed by atoms with Gasteiger partial charge in [0.2, 0.25) is 5.89 Å². The fourth-order valence-corrected chi connectivity index (χ4v) is 2.98. The number of benzene rings is 2. The molecule has 1 heterocycles. The van der Waals surface area contributed by atoms with Gasteiger partial charge in [-0.2, -0.15) is 4.98 Å². The minimum Gasteiger partial charge on any atom is -0.497 e. The molecule has 1 aromatic heterocycles. The lowest BCUT2D eigenvalue weighted by molar-refractivity contribution is 0.262. The van der Waals surface area contributed by atoms with E-state index in [9.17, 15) is 4.79 Å². The van der Waals surface area contributed by atoms with Gasteiger partial charge in [0, 0.05) is 17.7 Å². The van der Waals surface area contributed by atoms with Crippen LogP contribution in [0.3, 0.4) is 0 Å². The first-order valence-electron chi connectivity index (χ1n) is 9.36. The molecule has 3 aromatic rings. The maximum Gasteiger partial charge on any atom is 0.323 e. The van der Waals surface area contributed by atoms with Gasteiger partial charge < -0.3 is 24.6 Å². The maximum atomic E-state index is 12.6. The number of carbonyl (C=O) groups excluding carboxylic acids is 1. The van der Waals surface area contributed by atoms with Crippen molar-refractivity contribution in [2.24, 2.45) is 0 Å². The van der Waals surface area contributed by atoms with Gasteiger partial charge in [-0.05, 0) is 36.6 Å². The van der Waals surface area contributed by atoms with E-state index < -0.39 is 0 Å². The summed E-state index contributed by atoms with van der Waals surface area (Å²) in [7, 11) is 3.11. The number of amides is 2. The maximum absolute atomic E-state index is 12.6. The SMILES string of the molecule is COc1ccc(NC(=O)Nc2ccccc2Cc2nc(C3CC3)no2)c(OC)c1. The van der Waals surface area contributed by atoms with Crippen LogP contribution < -0.4 is 20.1 Å². The van der Waals surface area contributed by atoms with Crippen molar-refractivity contribution in [2.75, 3.05) is 24.9 Å². The summed E-state index contributed by atoms with van der Waals surface area (Å²) in [4.78, 5) is 17.0. The van der Waals surface area contributed by atoms with Crippen molar-refractivity contribution >= 4 is 17.4 Å². The first kappa shape index (κ1) is 18.8. The van der Waals surface area contributed by atoms with Gasteiger partial charge in [-0.25, -0.2) is 4.79 Å². The number of methoxy groups -OCH3 is 2. The van der Waals surface area contributed by atoms with Crippen LogP contribution in [0.25, 0.3) is 0 Å². The second-order valence-corrected chi connectivity index (χ2v) is 6.80. The Morgan fingerprint density at radius 1 is 1.10 bits per heavy atom. The summed E-state index contributed by atoms with van der Waals surface area (Å²) in [6.45, 7) is 0. The molecule has 150 valence electrons. The van der Waals surface area contributed by atoms with E-state index in [0.29, 0.717) is 41.1 Å². The summed E-state index contributed by atoms with van der Waals surface area (Å²) in [5, 5.41) is 9.72. The number of nitrogens with zero attached hydrogens (tertiary/aromatic N) is 2. The molecule has 0 saturated heterocycles. The van der Waals surface area contributed by atoms with Crippen LogP contribution in [-0.2, 0) is 6.42 Å². The van der Waals surface area contributed by atoms with Crippen molar-refractivity contribution in [3.63, 3.8) is 0 Å². The highest BCUT2D eigenvalue weighted by Crippen LogP contribution is 2.38. The van der Waals surface area contributed by atoms with Crippen LogP contribution in [0.4, 0.5) is 16.2 Å². The molecule has 0 bridgehead atoms. The van der Waals surface area contributed by atoms with E-state index in [1.165, 1.54) is 7.11 Å². The van der Waals surface area contributed by atoms with Crippen LogP contribution in [0.15, 0.2) is 47.0 Å². The monoisotopic (exact) mass is 394 g/mol. The van der Waals surface area contributed by atoms with Gasteiger partial charge in [0.1, 0.15) is 11.5 Å². The Balaban J connectivity index is 1.45. The minimum atomic E-state index is -0.384. The summed E-state index contributed by atoms with van der Waals surface area (Å²) in [5.41, 5.74) is 2.09. The summed E-state index contributed by atoms with van der Waals surface area (Å²) in [6, 6.07) is 12.3. The molecule has 1 saturated carbocycles. The number of hydrogen-bond acceptors (Lipinski definition) is 6. The van der Waals surface area contributed by atoms with Crippen molar-refractivity contribution in [1.82, 2.24) is 10.1 Å². The molecule has 0 radical (unpaired) electrons. The van der Waals surface area contributed by atoms with Gasteiger partial charge >= 0.3 is 6.03 Å². The molecule has 1 aliphatic rings. The van der Waals surface area contributed by atoms with E-state index in [4.69, 9.17) is 14.0 Å². The third-order valence-corrected chi connectivity index (χ3v) is 4.69. The summed E-state index contributed by atoms with van der Waals surface area (Å²) < 4.78 is 15.9. The zero-order valence-corrected chi connectivity index (χ0v) is 16.3. The number of ether oxygens (including phenoxy) is 2. The van der Waals surface area contributed by atoms with Crippen LogP contribution in [-0.4, -0.2) is 30.4 Å². The number of hydrogen-bond donors (Lipinski definition) is 2. The van der Waals surface area contributed by atoms with Crippen LogP contribution in [0, 0.1) is 0 Å². The van der Waals surface area contributed by atoms with Gasteiger partial charge in [-0.1, -0.05) is 23.4 Å². The molecule has 1 fully saturated rings. The van der Waals surface area contributed by atoms with E-state index in [1.807, 2.05) is 24.3 Å². The van der Waals surface area contributed by atoms with Gasteiger partial charge in [-0.15, -0.1) is 0 Å². The quantitative estimate of drug-likeness (QED) is 0.623. The number of para-hydroxylation sites is 1. The highest BCUT2D eigenvalue weighted by molar-refractivity contribution is 6.01. The van der Waals surface area contributed by atoms with E-state index in [2.05, 4.69) is 20.8 Å². The topological polar surface area (TPSA) is 98.5 Å². The lowest BCUT2D eigenvalue weighted by atomic mass is 10.1. The Morgan fingerprint density at radius 2 is 1.90 bits per heavy atom. The normalized spacial score (nSPS) is 13.0. The van der Waals surface area contributed by atoms with Crippen molar-refractivity contribution in [3.8, 4) is 11.5 Å². The molecule has 1 aliphatic carbocycles. The summed E-state index contributed by atoms with van der Waals surface area (Å²) in [6.07, 6.45) is 2.68. The molecule has 0 aliphatic heterocycles. The zero-order valence-electron chi connectivity index (χ0n) is 16.3. The smallest absolute Gasteiger partial charge is 0.323 e. The summed E-state index contributed by atoms with van der Waals surface area (Å²) >= 11 is 0. The average Bonchev–Trinajstić information content (AvgIpc) is 3.49. The molecule has 2 N–H and O–H groups in total. The number of anilines is 2. The number of urea groups is 1. The largest absolute Gasteiger partial charge is 0.497 e. The van der Waals surface area contributed by atoms with E-state index in [-0.39, 0.29) is 6.03 Å². The number of aromatic nitrogens is 2. The molecule has 4 rings (SSSR count). The summed E-state index contributed by atoms with van der Waals surface area (Å²) in [5.74, 6) is 2.90. The number of rotatable bonds is 7. The van der Waals surface area contributed by atoms with Crippen molar-refractivity contribution in [2.45, 2.75) is 25.2 Å². The van der Waals surface area contributed by atoms with E-state index >= 15 is 0 Å². The Kier molecular flexibility index (Phi) is 5.33. The van der Waals surface area contributed by atoms with E-state index in [1.54, 1.807) is 25.3 Å². The second-order valence-electron chi connectivity index (χ2n) is 6.80. The first-order chi connectivity index (χ1) is 14.2. The van der Waals surface area contributed by atoms with Gasteiger partial charge in [0.15, 0.2) is 5.82 Å². The standard InChI is InChI=1S/C21H22N4O4/c1-27-15-9-10-17(18(12-15)28-2)23-21(26)22-16-6-4-3-5-14(16)11-19-24-20(25-29-19)13-7-8-13/h3-6,9-10,12-13H,7-8,11H2,1-2H3,(H2,22,23,26). The predicted molar refractivity (Wildman–Crippen MR) is 108 cm³/mol. The van der Waals surface area contributed by atoms with Gasteiger partial charge in [-0.3, -0.25) is 0 Å². The van der Waals surface area contributed by atoms with Crippen molar-refractivity contribution < 1.29 is 18.8 Å². The predicted octanol–water partition coefficient (Wildman–Crippen LogP) is 4.20. The van der Waals surface area contributed by atoms with Crippen molar-refractivity contribution in [1.29, 1.82) is 0 Å². The molecule has 0 spiro atoms. The Hall–Kier alpha value is -3.55. The van der Waals surface area contributed by atoms with Crippen LogP contribution in [0.5, 0.6) is 11.5 Å². The molecular weight excluding hydrogens is 372 g/mol. The lowest BCUT2D eigenvalue weighted by Crippen LogP contribution is -2.20. The number of nitrogens with one attached hydrogen (secondary N) is 2.